The van der Waals surface area contributed by atoms with Crippen LogP contribution >= 0.6 is 0 Å². The molecule has 0 saturated carbocycles. The van der Waals surface area contributed by atoms with Gasteiger partial charge in [0.25, 0.3) is 0 Å². The summed E-state index contributed by atoms with van der Waals surface area (Å²) in [5.74, 6) is 1.66. The molecule has 11 heavy (non-hydrogen) atoms. The fraction of sp³-hybridized carbons (Fsp3) is 0.800. The van der Waals surface area contributed by atoms with Crippen molar-refractivity contribution in [3.63, 3.8) is 0 Å². The van der Waals surface area contributed by atoms with E-state index in [9.17, 15) is 0 Å². The lowest BCUT2D eigenvalue weighted by Gasteiger charge is -2.13. The Labute approximate surface area is 69.9 Å². The Balaban J connectivity index is 2.21. The fourth-order valence-corrected chi connectivity index (χ4v) is 1.77. The summed E-state index contributed by atoms with van der Waals surface area (Å²) in [6.07, 6.45) is 6.07. The minimum Gasteiger partial charge on any atom is -0.316 e. The van der Waals surface area contributed by atoms with Gasteiger partial charge in [-0.25, -0.2) is 0 Å². The second-order valence-corrected chi connectivity index (χ2v) is 3.50. The molecule has 1 saturated heterocycles. The maximum Gasteiger partial charge on any atom is -0.00198 e. The number of hydrogen-bond donors (Lipinski definition) is 1. The van der Waals surface area contributed by atoms with Crippen molar-refractivity contribution in [2.24, 2.45) is 11.8 Å². The summed E-state index contributed by atoms with van der Waals surface area (Å²) < 4.78 is 0. The fourth-order valence-electron chi connectivity index (χ4n) is 1.77. The number of hydrogen-bond acceptors (Lipinski definition) is 1. The third-order valence-electron chi connectivity index (χ3n) is 2.66. The van der Waals surface area contributed by atoms with Crippen LogP contribution in [0, 0.1) is 11.8 Å². The van der Waals surface area contributed by atoms with Crippen LogP contribution in [0.4, 0.5) is 0 Å². The monoisotopic (exact) mass is 153 g/mol. The highest BCUT2D eigenvalue weighted by molar-refractivity contribution is 4.82. The van der Waals surface area contributed by atoms with E-state index in [4.69, 9.17) is 0 Å². The topological polar surface area (TPSA) is 12.0 Å². The van der Waals surface area contributed by atoms with Crippen LogP contribution in [0.2, 0.25) is 0 Å². The lowest BCUT2D eigenvalue weighted by Crippen LogP contribution is -2.11. The van der Waals surface area contributed by atoms with Crippen LogP contribution in [0.3, 0.4) is 0 Å². The molecule has 0 aromatic heterocycles. The van der Waals surface area contributed by atoms with E-state index in [1.165, 1.54) is 32.4 Å². The van der Waals surface area contributed by atoms with E-state index >= 15 is 0 Å². The zero-order valence-electron chi connectivity index (χ0n) is 7.47. The Kier molecular flexibility index (Phi) is 3.64. The van der Waals surface area contributed by atoms with E-state index in [1.54, 1.807) is 0 Å². The zero-order chi connectivity index (χ0) is 8.10. The average Bonchev–Trinajstić information content (AvgIpc) is 2.52. The molecule has 64 valence electrons. The molecule has 0 aliphatic carbocycles. The molecule has 0 spiro atoms. The first-order chi connectivity index (χ1) is 5.36. The molecule has 0 radical (unpaired) electrons. The van der Waals surface area contributed by atoms with Crippen LogP contribution in [0.1, 0.15) is 26.2 Å². The van der Waals surface area contributed by atoms with E-state index in [2.05, 4.69) is 24.9 Å². The summed E-state index contributed by atoms with van der Waals surface area (Å²) in [7, 11) is 0. The molecule has 0 aromatic carbocycles. The summed E-state index contributed by atoms with van der Waals surface area (Å²) in [5.41, 5.74) is 0. The van der Waals surface area contributed by atoms with Crippen LogP contribution in [-0.4, -0.2) is 13.1 Å². The van der Waals surface area contributed by atoms with Crippen LogP contribution in [0.5, 0.6) is 0 Å². The van der Waals surface area contributed by atoms with Gasteiger partial charge in [0, 0.05) is 0 Å². The quantitative estimate of drug-likeness (QED) is 0.610. The largest absolute Gasteiger partial charge is 0.316 e. The van der Waals surface area contributed by atoms with Crippen molar-refractivity contribution in [3.05, 3.63) is 12.7 Å². The van der Waals surface area contributed by atoms with Crippen LogP contribution < -0.4 is 5.32 Å². The SMILES string of the molecule is C=C[C@H](CC)CC1CCNC1. The molecule has 1 fully saturated rings. The molecule has 1 heterocycles. The highest BCUT2D eigenvalue weighted by Crippen LogP contribution is 2.20. The predicted octanol–water partition coefficient (Wildman–Crippen LogP) is 2.20. The van der Waals surface area contributed by atoms with Gasteiger partial charge in [0.2, 0.25) is 0 Å². The zero-order valence-corrected chi connectivity index (χ0v) is 7.47. The summed E-state index contributed by atoms with van der Waals surface area (Å²) >= 11 is 0. The highest BCUT2D eigenvalue weighted by Gasteiger charge is 2.16. The summed E-state index contributed by atoms with van der Waals surface area (Å²) in [5, 5.41) is 3.39. The van der Waals surface area contributed by atoms with Gasteiger partial charge in [0.05, 0.1) is 0 Å². The standard InChI is InChI=1S/C10H19N/c1-3-9(4-2)7-10-5-6-11-8-10/h3,9-11H,1,4-8H2,2H3/t9-,10?/m1/s1. The van der Waals surface area contributed by atoms with Crippen molar-refractivity contribution in [1.29, 1.82) is 0 Å². The molecule has 1 unspecified atom stereocenters. The van der Waals surface area contributed by atoms with E-state index in [-0.39, 0.29) is 0 Å². The first kappa shape index (κ1) is 8.79. The molecule has 1 N–H and O–H groups in total. The van der Waals surface area contributed by atoms with Gasteiger partial charge >= 0.3 is 0 Å². The van der Waals surface area contributed by atoms with Gasteiger partial charge in [-0.1, -0.05) is 13.0 Å². The maximum absolute atomic E-state index is 3.85. The molecule has 0 bridgehead atoms. The number of nitrogens with one attached hydrogen (secondary N) is 1. The van der Waals surface area contributed by atoms with E-state index in [0.29, 0.717) is 0 Å². The predicted molar refractivity (Wildman–Crippen MR) is 49.6 cm³/mol. The van der Waals surface area contributed by atoms with Crippen molar-refractivity contribution >= 4 is 0 Å². The van der Waals surface area contributed by atoms with E-state index in [1.807, 2.05) is 0 Å². The molecule has 1 nitrogen and oxygen atoms in total. The Morgan fingerprint density at radius 2 is 2.55 bits per heavy atom. The van der Waals surface area contributed by atoms with Gasteiger partial charge < -0.3 is 5.32 Å². The third kappa shape index (κ3) is 2.66. The smallest absolute Gasteiger partial charge is 0.00198 e. The Morgan fingerprint density at radius 3 is 3.00 bits per heavy atom. The van der Waals surface area contributed by atoms with Crippen molar-refractivity contribution in [3.8, 4) is 0 Å². The van der Waals surface area contributed by atoms with Crippen molar-refractivity contribution in [2.45, 2.75) is 26.2 Å². The Hall–Kier alpha value is -0.300. The van der Waals surface area contributed by atoms with E-state index < -0.39 is 0 Å². The molecule has 0 aromatic rings. The maximum atomic E-state index is 3.85. The van der Waals surface area contributed by atoms with Crippen LogP contribution in [0.15, 0.2) is 12.7 Å². The van der Waals surface area contributed by atoms with E-state index in [0.717, 1.165) is 11.8 Å². The minimum atomic E-state index is 0.750. The lowest BCUT2D eigenvalue weighted by molar-refractivity contribution is 0.437. The third-order valence-corrected chi connectivity index (χ3v) is 2.66. The molecule has 1 aliphatic heterocycles. The molecule has 0 amide bonds. The molecule has 1 heteroatoms. The lowest BCUT2D eigenvalue weighted by atomic mass is 9.92. The summed E-state index contributed by atoms with van der Waals surface area (Å²) in [6.45, 7) is 8.55. The number of allylic oxidation sites excluding steroid dienone is 1. The van der Waals surface area contributed by atoms with Gasteiger partial charge in [-0.15, -0.1) is 6.58 Å². The molecule has 2 atom stereocenters. The van der Waals surface area contributed by atoms with Gasteiger partial charge in [-0.05, 0) is 44.2 Å². The Morgan fingerprint density at radius 1 is 1.73 bits per heavy atom. The van der Waals surface area contributed by atoms with Gasteiger partial charge in [0.15, 0.2) is 0 Å². The van der Waals surface area contributed by atoms with Gasteiger partial charge in [0.1, 0.15) is 0 Å². The molecular formula is C10H19N. The van der Waals surface area contributed by atoms with Crippen molar-refractivity contribution < 1.29 is 0 Å². The average molecular weight is 153 g/mol. The molecule has 1 aliphatic rings. The Bertz CT molecular complexity index is 114. The normalized spacial score (nSPS) is 26.8. The second kappa shape index (κ2) is 4.55. The first-order valence-electron chi connectivity index (χ1n) is 4.70. The highest BCUT2D eigenvalue weighted by atomic mass is 14.9. The number of rotatable bonds is 4. The summed E-state index contributed by atoms with van der Waals surface area (Å²) in [6, 6.07) is 0. The first-order valence-corrected chi connectivity index (χ1v) is 4.70. The summed E-state index contributed by atoms with van der Waals surface area (Å²) in [4.78, 5) is 0. The minimum absolute atomic E-state index is 0.750. The molecule has 1 rings (SSSR count). The second-order valence-electron chi connectivity index (χ2n) is 3.50. The van der Waals surface area contributed by atoms with Gasteiger partial charge in [-0.3, -0.25) is 0 Å². The van der Waals surface area contributed by atoms with Crippen LogP contribution in [-0.2, 0) is 0 Å². The molecular weight excluding hydrogens is 134 g/mol. The van der Waals surface area contributed by atoms with Crippen LogP contribution in [0.25, 0.3) is 0 Å². The van der Waals surface area contributed by atoms with Crippen molar-refractivity contribution in [1.82, 2.24) is 5.32 Å². The van der Waals surface area contributed by atoms with Crippen molar-refractivity contribution in [2.75, 3.05) is 13.1 Å². The van der Waals surface area contributed by atoms with Gasteiger partial charge in [-0.2, -0.15) is 0 Å².